The van der Waals surface area contributed by atoms with Gasteiger partial charge >= 0.3 is 0 Å². The standard InChI is InChI=1S/C13H16FN3O4/c1-13(19)3-2-4-16(7-13)12(18)9-5-8(14)6-10(11(9)15)17(20)21/h5-6,19H,2-4,7,15H2,1H3. The molecule has 1 aromatic carbocycles. The summed E-state index contributed by atoms with van der Waals surface area (Å²) in [5.41, 5.74) is 3.33. The molecule has 1 saturated heterocycles. The molecule has 1 aliphatic heterocycles. The van der Waals surface area contributed by atoms with Gasteiger partial charge in [0, 0.05) is 13.1 Å². The molecule has 114 valence electrons. The van der Waals surface area contributed by atoms with Gasteiger partial charge in [-0.3, -0.25) is 14.9 Å². The van der Waals surface area contributed by atoms with Crippen LogP contribution in [0.2, 0.25) is 0 Å². The number of carbonyl (C=O) groups excluding carboxylic acids is 1. The lowest BCUT2D eigenvalue weighted by Gasteiger charge is -2.37. The Balaban J connectivity index is 2.37. The van der Waals surface area contributed by atoms with Gasteiger partial charge in [0.25, 0.3) is 11.6 Å². The summed E-state index contributed by atoms with van der Waals surface area (Å²) < 4.78 is 13.5. The van der Waals surface area contributed by atoms with E-state index in [9.17, 15) is 24.4 Å². The Labute approximate surface area is 120 Å². The number of nitro benzene ring substituents is 1. The first-order chi connectivity index (χ1) is 9.71. The molecular formula is C13H16FN3O4. The van der Waals surface area contributed by atoms with Gasteiger partial charge in [0.05, 0.1) is 22.2 Å². The quantitative estimate of drug-likeness (QED) is 0.486. The molecule has 1 aromatic rings. The van der Waals surface area contributed by atoms with E-state index in [0.717, 1.165) is 6.07 Å². The summed E-state index contributed by atoms with van der Waals surface area (Å²) in [6.07, 6.45) is 1.14. The highest BCUT2D eigenvalue weighted by atomic mass is 19.1. The Morgan fingerprint density at radius 1 is 1.57 bits per heavy atom. The summed E-state index contributed by atoms with van der Waals surface area (Å²) in [5.74, 6) is -1.52. The van der Waals surface area contributed by atoms with Gasteiger partial charge < -0.3 is 15.7 Å². The van der Waals surface area contributed by atoms with Crippen LogP contribution in [-0.4, -0.2) is 39.5 Å². The third-order valence-electron chi connectivity index (χ3n) is 3.51. The van der Waals surface area contributed by atoms with E-state index in [0.29, 0.717) is 25.5 Å². The van der Waals surface area contributed by atoms with Crippen LogP contribution in [0.25, 0.3) is 0 Å². The fraction of sp³-hybridized carbons (Fsp3) is 0.462. The molecule has 1 heterocycles. The second kappa shape index (κ2) is 5.28. The van der Waals surface area contributed by atoms with Crippen LogP contribution < -0.4 is 5.73 Å². The van der Waals surface area contributed by atoms with Gasteiger partial charge in [-0.2, -0.15) is 0 Å². The average molecular weight is 297 g/mol. The van der Waals surface area contributed by atoms with Crippen molar-refractivity contribution in [2.75, 3.05) is 18.8 Å². The number of anilines is 1. The predicted octanol–water partition coefficient (Wildman–Crippen LogP) is 1.30. The average Bonchev–Trinajstić information content (AvgIpc) is 2.38. The van der Waals surface area contributed by atoms with Gasteiger partial charge in [-0.05, 0) is 25.8 Å². The first-order valence-corrected chi connectivity index (χ1v) is 6.46. The number of halogens is 1. The molecule has 1 unspecified atom stereocenters. The molecule has 0 aromatic heterocycles. The van der Waals surface area contributed by atoms with Gasteiger partial charge in [-0.25, -0.2) is 4.39 Å². The number of carbonyl (C=O) groups is 1. The third kappa shape index (κ3) is 3.10. The fourth-order valence-electron chi connectivity index (χ4n) is 2.50. The number of nitrogens with two attached hydrogens (primary N) is 1. The van der Waals surface area contributed by atoms with Crippen molar-refractivity contribution in [2.45, 2.75) is 25.4 Å². The number of rotatable bonds is 2. The summed E-state index contributed by atoms with van der Waals surface area (Å²) >= 11 is 0. The Morgan fingerprint density at radius 2 is 2.24 bits per heavy atom. The molecule has 1 fully saturated rings. The zero-order valence-corrected chi connectivity index (χ0v) is 11.5. The first kappa shape index (κ1) is 15.2. The predicted molar refractivity (Wildman–Crippen MR) is 73.2 cm³/mol. The van der Waals surface area contributed by atoms with Crippen LogP contribution in [0.3, 0.4) is 0 Å². The summed E-state index contributed by atoms with van der Waals surface area (Å²) in [4.78, 5) is 23.7. The van der Waals surface area contributed by atoms with E-state index in [2.05, 4.69) is 0 Å². The molecule has 21 heavy (non-hydrogen) atoms. The van der Waals surface area contributed by atoms with E-state index in [1.807, 2.05) is 0 Å². The van der Waals surface area contributed by atoms with Crippen molar-refractivity contribution in [3.63, 3.8) is 0 Å². The van der Waals surface area contributed by atoms with Gasteiger partial charge in [0.15, 0.2) is 0 Å². The number of nitro groups is 1. The van der Waals surface area contributed by atoms with E-state index in [1.165, 1.54) is 4.90 Å². The van der Waals surface area contributed by atoms with Crippen molar-refractivity contribution in [3.8, 4) is 0 Å². The Morgan fingerprint density at radius 3 is 2.81 bits per heavy atom. The molecule has 1 atom stereocenters. The number of piperidine rings is 1. The number of hydrogen-bond donors (Lipinski definition) is 2. The van der Waals surface area contributed by atoms with Crippen molar-refractivity contribution < 1.29 is 19.2 Å². The van der Waals surface area contributed by atoms with Crippen LogP contribution in [0.1, 0.15) is 30.1 Å². The van der Waals surface area contributed by atoms with Crippen LogP contribution in [0.4, 0.5) is 15.8 Å². The monoisotopic (exact) mass is 297 g/mol. The number of aliphatic hydroxyl groups is 1. The van der Waals surface area contributed by atoms with Crippen molar-refractivity contribution in [2.24, 2.45) is 0 Å². The molecule has 0 spiro atoms. The molecule has 0 bridgehead atoms. The maximum Gasteiger partial charge on any atom is 0.295 e. The maximum atomic E-state index is 13.5. The number of nitrogens with zero attached hydrogens (tertiary/aromatic N) is 2. The van der Waals surface area contributed by atoms with Gasteiger partial charge in [-0.1, -0.05) is 0 Å². The van der Waals surface area contributed by atoms with E-state index in [1.54, 1.807) is 6.92 Å². The minimum Gasteiger partial charge on any atom is -0.393 e. The molecule has 2 rings (SSSR count). The van der Waals surface area contributed by atoms with Crippen molar-refractivity contribution in [1.82, 2.24) is 4.90 Å². The zero-order chi connectivity index (χ0) is 15.8. The molecule has 8 heteroatoms. The van der Waals surface area contributed by atoms with Crippen LogP contribution in [-0.2, 0) is 0 Å². The van der Waals surface area contributed by atoms with Crippen molar-refractivity contribution >= 4 is 17.3 Å². The Bertz CT molecular complexity index is 603. The van der Waals surface area contributed by atoms with E-state index in [-0.39, 0.29) is 17.8 Å². The van der Waals surface area contributed by atoms with Crippen molar-refractivity contribution in [1.29, 1.82) is 0 Å². The first-order valence-electron chi connectivity index (χ1n) is 6.46. The Hall–Kier alpha value is -2.22. The lowest BCUT2D eigenvalue weighted by molar-refractivity contribution is -0.384. The van der Waals surface area contributed by atoms with Crippen LogP contribution in [0.5, 0.6) is 0 Å². The summed E-state index contributed by atoms with van der Waals surface area (Å²) in [6.45, 7) is 2.07. The SMILES string of the molecule is CC1(O)CCCN(C(=O)c2cc(F)cc([N+](=O)[O-])c2N)C1. The third-order valence-corrected chi connectivity index (χ3v) is 3.51. The van der Waals surface area contributed by atoms with E-state index < -0.39 is 27.9 Å². The lowest BCUT2D eigenvalue weighted by atomic mass is 9.94. The van der Waals surface area contributed by atoms with Crippen LogP contribution in [0.15, 0.2) is 12.1 Å². The molecule has 0 radical (unpaired) electrons. The number of nitrogen functional groups attached to an aromatic ring is 1. The highest BCUT2D eigenvalue weighted by molar-refractivity contribution is 6.01. The maximum absolute atomic E-state index is 13.5. The molecule has 7 nitrogen and oxygen atoms in total. The summed E-state index contributed by atoms with van der Waals surface area (Å²) in [7, 11) is 0. The summed E-state index contributed by atoms with van der Waals surface area (Å²) in [5, 5.41) is 20.8. The largest absolute Gasteiger partial charge is 0.393 e. The van der Waals surface area contributed by atoms with E-state index >= 15 is 0 Å². The topological polar surface area (TPSA) is 110 Å². The number of benzene rings is 1. The number of β-amino-alcohol motifs (C(OH)–C–C–N with tert-alkyl or cyclic N) is 1. The van der Waals surface area contributed by atoms with Gasteiger partial charge in [0.2, 0.25) is 0 Å². The normalized spacial score (nSPS) is 22.1. The van der Waals surface area contributed by atoms with Gasteiger partial charge in [0.1, 0.15) is 11.5 Å². The number of hydrogen-bond acceptors (Lipinski definition) is 5. The molecule has 0 aliphatic carbocycles. The highest BCUT2D eigenvalue weighted by Crippen LogP contribution is 2.29. The molecule has 1 amide bonds. The smallest absolute Gasteiger partial charge is 0.295 e. The Kier molecular flexibility index (Phi) is 3.82. The molecular weight excluding hydrogens is 281 g/mol. The fourth-order valence-corrected chi connectivity index (χ4v) is 2.50. The zero-order valence-electron chi connectivity index (χ0n) is 11.5. The summed E-state index contributed by atoms with van der Waals surface area (Å²) in [6, 6.07) is 1.56. The second-order valence-corrected chi connectivity index (χ2v) is 5.47. The molecule has 0 saturated carbocycles. The van der Waals surface area contributed by atoms with Crippen LogP contribution >= 0.6 is 0 Å². The van der Waals surface area contributed by atoms with Crippen molar-refractivity contribution in [3.05, 3.63) is 33.6 Å². The minimum atomic E-state index is -1.03. The number of amides is 1. The van der Waals surface area contributed by atoms with E-state index in [4.69, 9.17) is 5.73 Å². The molecule has 3 N–H and O–H groups in total. The minimum absolute atomic E-state index is 0.0790. The molecule has 1 aliphatic rings. The second-order valence-electron chi connectivity index (χ2n) is 5.47. The highest BCUT2D eigenvalue weighted by Gasteiger charge is 2.33. The number of likely N-dealkylation sites (tertiary alicyclic amines) is 1. The van der Waals surface area contributed by atoms with Crippen LogP contribution in [0, 0.1) is 15.9 Å². The van der Waals surface area contributed by atoms with Gasteiger partial charge in [-0.15, -0.1) is 0 Å². The lowest BCUT2D eigenvalue weighted by Crippen LogP contribution is -2.48.